The van der Waals surface area contributed by atoms with Gasteiger partial charge in [-0.2, -0.15) is 0 Å². The molecule has 0 fully saturated rings. The van der Waals surface area contributed by atoms with Gasteiger partial charge in [-0.3, -0.25) is 0 Å². The molecular weight excluding hydrogens is 685 g/mol. The van der Waals surface area contributed by atoms with Crippen LogP contribution in [0, 0.1) is 0 Å². The van der Waals surface area contributed by atoms with Gasteiger partial charge in [0.25, 0.3) is 0 Å². The van der Waals surface area contributed by atoms with Crippen molar-refractivity contribution in [1.82, 2.24) is 19.5 Å². The Labute approximate surface area is 322 Å². The summed E-state index contributed by atoms with van der Waals surface area (Å²) in [6.45, 7) is 0. The van der Waals surface area contributed by atoms with Gasteiger partial charge in [0.1, 0.15) is 11.2 Å². The van der Waals surface area contributed by atoms with Gasteiger partial charge in [0.2, 0.25) is 0 Å². The third kappa shape index (κ3) is 5.37. The Hall–Kier alpha value is -7.63. The van der Waals surface area contributed by atoms with Gasteiger partial charge >= 0.3 is 0 Å². The predicted molar refractivity (Wildman–Crippen MR) is 229 cm³/mol. The summed E-state index contributed by atoms with van der Waals surface area (Å²) in [4.78, 5) is 14.7. The number of furan rings is 1. The van der Waals surface area contributed by atoms with E-state index >= 15 is 0 Å². The molecule has 0 bridgehead atoms. The number of benzene rings is 8. The molecule has 56 heavy (non-hydrogen) atoms. The average Bonchev–Trinajstić information content (AvgIpc) is 3.82. The average molecular weight is 717 g/mol. The van der Waals surface area contributed by atoms with Gasteiger partial charge in [-0.05, 0) is 59.2 Å². The molecule has 8 aromatic carbocycles. The second-order valence-corrected chi connectivity index (χ2v) is 14.0. The van der Waals surface area contributed by atoms with Crippen molar-refractivity contribution in [3.05, 3.63) is 194 Å². The second-order valence-electron chi connectivity index (χ2n) is 14.0. The van der Waals surface area contributed by atoms with Gasteiger partial charge in [0.15, 0.2) is 17.5 Å². The van der Waals surface area contributed by atoms with Crippen LogP contribution in [0.1, 0.15) is 0 Å². The molecule has 262 valence electrons. The molecule has 3 heterocycles. The molecule has 0 aliphatic rings. The standard InChI is InChI=1S/C51H32N4O/c1-4-13-35(14-5-1)49-52-50(36-15-6-2-7-16-36)54-51(53-49)38-27-29-42-43-21-12-20-40(48(43)56-47(42)32-38)34-25-23-33(24-26-34)37-28-30-46-44(31-37)41-19-10-11-22-45(41)55(46)39-17-8-3-9-18-39/h1-32H. The Morgan fingerprint density at radius 3 is 1.61 bits per heavy atom. The smallest absolute Gasteiger partial charge is 0.164 e. The molecule has 5 nitrogen and oxygen atoms in total. The number of para-hydroxylation sites is 3. The lowest BCUT2D eigenvalue weighted by Crippen LogP contribution is -2.00. The fraction of sp³-hybridized carbons (Fsp3) is 0. The molecule has 0 spiro atoms. The summed E-state index contributed by atoms with van der Waals surface area (Å²) < 4.78 is 9.05. The van der Waals surface area contributed by atoms with Crippen LogP contribution in [-0.2, 0) is 0 Å². The number of nitrogens with zero attached hydrogens (tertiary/aromatic N) is 4. The summed E-state index contributed by atoms with van der Waals surface area (Å²) >= 11 is 0. The van der Waals surface area contributed by atoms with Crippen molar-refractivity contribution in [2.45, 2.75) is 0 Å². The largest absolute Gasteiger partial charge is 0.455 e. The Morgan fingerprint density at radius 1 is 0.339 bits per heavy atom. The van der Waals surface area contributed by atoms with Crippen molar-refractivity contribution in [2.24, 2.45) is 0 Å². The van der Waals surface area contributed by atoms with Crippen LogP contribution in [0.4, 0.5) is 0 Å². The SMILES string of the molecule is c1ccc(-c2nc(-c3ccccc3)nc(-c3ccc4c(c3)oc3c(-c5ccc(-c6ccc7c(c6)c6ccccc6n7-c6ccccc6)cc5)cccc34)n2)cc1. The van der Waals surface area contributed by atoms with Gasteiger partial charge in [0.05, 0.1) is 11.0 Å². The maximum absolute atomic E-state index is 6.70. The van der Waals surface area contributed by atoms with Crippen LogP contribution in [-0.4, -0.2) is 19.5 Å². The molecule has 0 saturated heterocycles. The lowest BCUT2D eigenvalue weighted by molar-refractivity contribution is 0.670. The zero-order valence-electron chi connectivity index (χ0n) is 30.2. The summed E-state index contributed by atoms with van der Waals surface area (Å²) in [5.74, 6) is 1.85. The topological polar surface area (TPSA) is 56.7 Å². The molecule has 5 heteroatoms. The van der Waals surface area contributed by atoms with Gasteiger partial charge in [-0.25, -0.2) is 15.0 Å². The molecule has 0 amide bonds. The first-order valence-electron chi connectivity index (χ1n) is 18.8. The third-order valence-corrected chi connectivity index (χ3v) is 10.7. The van der Waals surface area contributed by atoms with Crippen LogP contribution in [0.25, 0.3) is 106 Å². The Kier molecular flexibility index (Phi) is 7.42. The van der Waals surface area contributed by atoms with E-state index in [-0.39, 0.29) is 0 Å². The lowest BCUT2D eigenvalue weighted by atomic mass is 9.98. The highest BCUT2D eigenvalue weighted by Gasteiger charge is 2.17. The lowest BCUT2D eigenvalue weighted by Gasteiger charge is -2.09. The first-order valence-corrected chi connectivity index (χ1v) is 18.8. The maximum Gasteiger partial charge on any atom is 0.164 e. The van der Waals surface area contributed by atoms with Crippen LogP contribution < -0.4 is 0 Å². The van der Waals surface area contributed by atoms with Crippen LogP contribution in [0.3, 0.4) is 0 Å². The van der Waals surface area contributed by atoms with Crippen LogP contribution >= 0.6 is 0 Å². The number of hydrogen-bond donors (Lipinski definition) is 0. The highest BCUT2D eigenvalue weighted by Crippen LogP contribution is 2.39. The van der Waals surface area contributed by atoms with Crippen LogP contribution in [0.15, 0.2) is 199 Å². The van der Waals surface area contributed by atoms with E-state index < -0.39 is 0 Å². The van der Waals surface area contributed by atoms with Gasteiger partial charge in [-0.1, -0.05) is 152 Å². The third-order valence-electron chi connectivity index (χ3n) is 10.7. The minimum atomic E-state index is 0.596. The van der Waals surface area contributed by atoms with E-state index in [1.807, 2.05) is 66.7 Å². The summed E-state index contributed by atoms with van der Waals surface area (Å²) in [6, 6.07) is 67.5. The van der Waals surface area contributed by atoms with Crippen LogP contribution in [0.5, 0.6) is 0 Å². The van der Waals surface area contributed by atoms with E-state index in [0.29, 0.717) is 17.5 Å². The van der Waals surface area contributed by atoms with Crippen LogP contribution in [0.2, 0.25) is 0 Å². The second kappa shape index (κ2) is 13.0. The Morgan fingerprint density at radius 2 is 0.893 bits per heavy atom. The van der Waals surface area contributed by atoms with E-state index in [4.69, 9.17) is 19.4 Å². The molecule has 0 N–H and O–H groups in total. The molecule has 0 saturated carbocycles. The molecule has 0 aliphatic heterocycles. The van der Waals surface area contributed by atoms with Crippen molar-refractivity contribution in [3.63, 3.8) is 0 Å². The first kappa shape index (κ1) is 31.9. The van der Waals surface area contributed by atoms with Crippen molar-refractivity contribution in [1.29, 1.82) is 0 Å². The van der Waals surface area contributed by atoms with Gasteiger partial charge in [-0.15, -0.1) is 0 Å². The highest BCUT2D eigenvalue weighted by molar-refractivity contribution is 6.11. The van der Waals surface area contributed by atoms with Crippen molar-refractivity contribution in [3.8, 4) is 62.1 Å². The molecule has 0 unspecified atom stereocenters. The number of aromatic nitrogens is 4. The summed E-state index contributed by atoms with van der Waals surface area (Å²) in [7, 11) is 0. The summed E-state index contributed by atoms with van der Waals surface area (Å²) in [5.41, 5.74) is 12.4. The zero-order chi connectivity index (χ0) is 37.0. The summed E-state index contributed by atoms with van der Waals surface area (Å²) in [5, 5.41) is 4.60. The first-order chi connectivity index (χ1) is 27.7. The number of fused-ring (bicyclic) bond motifs is 6. The van der Waals surface area contributed by atoms with E-state index in [9.17, 15) is 0 Å². The van der Waals surface area contributed by atoms with Gasteiger partial charge in [0, 0.05) is 49.5 Å². The Bertz CT molecular complexity index is 3160. The van der Waals surface area contributed by atoms with E-state index in [1.165, 1.54) is 27.4 Å². The van der Waals surface area contributed by atoms with E-state index in [0.717, 1.165) is 61.0 Å². The van der Waals surface area contributed by atoms with Crippen molar-refractivity contribution < 1.29 is 4.42 Å². The van der Waals surface area contributed by atoms with Crippen molar-refractivity contribution in [2.75, 3.05) is 0 Å². The summed E-state index contributed by atoms with van der Waals surface area (Å²) in [6.07, 6.45) is 0. The number of rotatable bonds is 6. The van der Waals surface area contributed by atoms with Gasteiger partial charge < -0.3 is 8.98 Å². The minimum absolute atomic E-state index is 0.596. The fourth-order valence-electron chi connectivity index (χ4n) is 7.95. The quantitative estimate of drug-likeness (QED) is 0.172. The molecule has 0 atom stereocenters. The van der Waals surface area contributed by atoms with E-state index in [1.54, 1.807) is 0 Å². The molecule has 11 aromatic rings. The monoisotopic (exact) mass is 716 g/mol. The van der Waals surface area contributed by atoms with E-state index in [2.05, 4.69) is 132 Å². The normalized spacial score (nSPS) is 11.6. The Balaban J connectivity index is 0.966. The van der Waals surface area contributed by atoms with Crippen molar-refractivity contribution >= 4 is 43.7 Å². The molecule has 3 aromatic heterocycles. The minimum Gasteiger partial charge on any atom is -0.455 e. The fourth-order valence-corrected chi connectivity index (χ4v) is 7.95. The molecule has 11 rings (SSSR count). The zero-order valence-corrected chi connectivity index (χ0v) is 30.2. The number of hydrogen-bond acceptors (Lipinski definition) is 4. The molecule has 0 radical (unpaired) electrons. The molecule has 0 aliphatic carbocycles. The molecular formula is C51H32N4O. The maximum atomic E-state index is 6.70. The predicted octanol–water partition coefficient (Wildman–Crippen LogP) is 13.2. The highest BCUT2D eigenvalue weighted by atomic mass is 16.3.